The van der Waals surface area contributed by atoms with Crippen molar-refractivity contribution in [1.29, 1.82) is 0 Å². The van der Waals surface area contributed by atoms with Gasteiger partial charge in [-0.25, -0.2) is 9.59 Å². The molecule has 0 aliphatic carbocycles. The number of amides is 1. The van der Waals surface area contributed by atoms with Crippen LogP contribution in [0.15, 0.2) is 29.7 Å². The fraction of sp³-hybridized carbons (Fsp3) is 0.529. The van der Waals surface area contributed by atoms with E-state index >= 15 is 0 Å². The molecule has 134 valence electrons. The lowest BCUT2D eigenvalue weighted by Gasteiger charge is -2.27. The van der Waals surface area contributed by atoms with E-state index in [4.69, 9.17) is 9.57 Å². The summed E-state index contributed by atoms with van der Waals surface area (Å²) in [7, 11) is 0. The number of likely N-dealkylation sites (tertiary alicyclic amines) is 1. The number of ether oxygens (including phenoxy) is 1. The molecular weight excluding hydrogens is 326 g/mol. The molecule has 1 aromatic rings. The highest BCUT2D eigenvalue weighted by Crippen LogP contribution is 2.39. The number of carbonyl (C=O) groups excluding carboxylic acids is 1. The van der Waals surface area contributed by atoms with Gasteiger partial charge in [-0.2, -0.15) is 0 Å². The molecule has 3 rings (SSSR count). The lowest BCUT2D eigenvalue weighted by Crippen LogP contribution is -2.44. The van der Waals surface area contributed by atoms with Crippen molar-refractivity contribution in [3.05, 3.63) is 30.1 Å². The Bertz CT molecular complexity index is 713. The van der Waals surface area contributed by atoms with Gasteiger partial charge in [0, 0.05) is 30.8 Å². The SMILES string of the molecule is CC(C)(C)OC(=O)N1CC2(CC(c3cccnc3)=NO2)CC1C(=O)O. The Morgan fingerprint density at radius 3 is 2.80 bits per heavy atom. The van der Waals surface area contributed by atoms with E-state index in [0.717, 1.165) is 5.56 Å². The van der Waals surface area contributed by atoms with Crippen LogP contribution >= 0.6 is 0 Å². The Kier molecular flexibility index (Phi) is 4.14. The molecule has 8 heteroatoms. The van der Waals surface area contributed by atoms with Crippen LogP contribution in [0.4, 0.5) is 4.79 Å². The molecule has 25 heavy (non-hydrogen) atoms. The van der Waals surface area contributed by atoms with Crippen LogP contribution in [0.5, 0.6) is 0 Å². The van der Waals surface area contributed by atoms with Crippen LogP contribution in [0.3, 0.4) is 0 Å². The smallest absolute Gasteiger partial charge is 0.411 e. The molecule has 8 nitrogen and oxygen atoms in total. The van der Waals surface area contributed by atoms with Crippen molar-refractivity contribution >= 4 is 17.8 Å². The van der Waals surface area contributed by atoms with E-state index in [2.05, 4.69) is 10.1 Å². The number of carbonyl (C=O) groups is 2. The van der Waals surface area contributed by atoms with E-state index in [9.17, 15) is 14.7 Å². The van der Waals surface area contributed by atoms with E-state index in [1.807, 2.05) is 6.07 Å². The average molecular weight is 347 g/mol. The van der Waals surface area contributed by atoms with Crippen LogP contribution in [-0.4, -0.2) is 56.6 Å². The Balaban J connectivity index is 1.77. The van der Waals surface area contributed by atoms with Crippen LogP contribution in [0.2, 0.25) is 0 Å². The molecule has 0 saturated carbocycles. The molecule has 0 bridgehead atoms. The molecule has 1 N–H and O–H groups in total. The lowest BCUT2D eigenvalue weighted by atomic mass is 9.92. The van der Waals surface area contributed by atoms with Gasteiger partial charge in [0.1, 0.15) is 11.6 Å². The normalized spacial score (nSPS) is 25.6. The molecule has 1 spiro atoms. The molecule has 0 radical (unpaired) electrons. The first-order valence-electron chi connectivity index (χ1n) is 8.07. The van der Waals surface area contributed by atoms with Crippen molar-refractivity contribution in [2.75, 3.05) is 6.54 Å². The maximum absolute atomic E-state index is 12.4. The molecule has 1 aromatic heterocycles. The van der Waals surface area contributed by atoms with Crippen molar-refractivity contribution < 1.29 is 24.3 Å². The minimum absolute atomic E-state index is 0.117. The summed E-state index contributed by atoms with van der Waals surface area (Å²) in [5, 5.41) is 13.6. The van der Waals surface area contributed by atoms with Gasteiger partial charge in [0.05, 0.1) is 12.3 Å². The fourth-order valence-electron chi connectivity index (χ4n) is 3.08. The van der Waals surface area contributed by atoms with Gasteiger partial charge in [-0.3, -0.25) is 9.88 Å². The van der Waals surface area contributed by atoms with Gasteiger partial charge in [0.25, 0.3) is 0 Å². The molecule has 3 heterocycles. The lowest BCUT2D eigenvalue weighted by molar-refractivity contribution is -0.142. The number of aliphatic carboxylic acids is 1. The first kappa shape index (κ1) is 17.2. The molecule has 2 aliphatic heterocycles. The molecule has 2 unspecified atom stereocenters. The predicted molar refractivity (Wildman–Crippen MR) is 88.2 cm³/mol. The largest absolute Gasteiger partial charge is 0.480 e. The van der Waals surface area contributed by atoms with Gasteiger partial charge in [0.2, 0.25) is 0 Å². The topological polar surface area (TPSA) is 101 Å². The number of hydrogen-bond acceptors (Lipinski definition) is 6. The Hall–Kier alpha value is -2.64. The molecular formula is C17H21N3O5. The van der Waals surface area contributed by atoms with Gasteiger partial charge in [-0.05, 0) is 32.9 Å². The van der Waals surface area contributed by atoms with E-state index in [-0.39, 0.29) is 13.0 Å². The summed E-state index contributed by atoms with van der Waals surface area (Å²) >= 11 is 0. The third kappa shape index (κ3) is 3.57. The first-order valence-corrected chi connectivity index (χ1v) is 8.07. The number of pyridine rings is 1. The highest BCUT2D eigenvalue weighted by molar-refractivity contribution is 6.01. The van der Waals surface area contributed by atoms with Crippen LogP contribution in [0, 0.1) is 0 Å². The average Bonchev–Trinajstić information content (AvgIpc) is 3.12. The number of hydrogen-bond donors (Lipinski definition) is 1. The number of carboxylic acid groups (broad SMARTS) is 1. The van der Waals surface area contributed by atoms with Crippen LogP contribution in [-0.2, 0) is 14.4 Å². The van der Waals surface area contributed by atoms with Crippen molar-refractivity contribution in [2.24, 2.45) is 5.16 Å². The minimum atomic E-state index is -1.08. The zero-order chi connectivity index (χ0) is 18.2. The number of oxime groups is 1. The zero-order valence-corrected chi connectivity index (χ0v) is 14.4. The zero-order valence-electron chi connectivity index (χ0n) is 14.4. The maximum Gasteiger partial charge on any atom is 0.411 e. The second kappa shape index (κ2) is 6.02. The highest BCUT2D eigenvalue weighted by atomic mass is 16.7. The summed E-state index contributed by atoms with van der Waals surface area (Å²) in [5.74, 6) is -1.08. The highest BCUT2D eigenvalue weighted by Gasteiger charge is 2.54. The maximum atomic E-state index is 12.4. The molecule has 2 aliphatic rings. The van der Waals surface area contributed by atoms with Crippen LogP contribution in [0.1, 0.15) is 39.2 Å². The molecule has 2 atom stereocenters. The summed E-state index contributed by atoms with van der Waals surface area (Å²) in [6, 6.07) is 2.66. The molecule has 1 saturated heterocycles. The summed E-state index contributed by atoms with van der Waals surface area (Å²) in [6.07, 6.45) is 3.26. The van der Waals surface area contributed by atoms with Crippen molar-refractivity contribution in [2.45, 2.75) is 50.9 Å². The van der Waals surface area contributed by atoms with E-state index in [1.165, 1.54) is 4.90 Å². The molecule has 0 aromatic carbocycles. The van der Waals surface area contributed by atoms with Crippen molar-refractivity contribution in [3.8, 4) is 0 Å². The second-order valence-electron chi connectivity index (χ2n) is 7.40. The summed E-state index contributed by atoms with van der Waals surface area (Å²) in [5.41, 5.74) is -0.0280. The Morgan fingerprint density at radius 2 is 2.20 bits per heavy atom. The monoisotopic (exact) mass is 347 g/mol. The minimum Gasteiger partial charge on any atom is -0.480 e. The van der Waals surface area contributed by atoms with Gasteiger partial charge < -0.3 is 14.7 Å². The van der Waals surface area contributed by atoms with E-state index in [1.54, 1.807) is 39.2 Å². The number of nitrogens with zero attached hydrogens (tertiary/aromatic N) is 3. The fourth-order valence-corrected chi connectivity index (χ4v) is 3.08. The van der Waals surface area contributed by atoms with Gasteiger partial charge in [-0.15, -0.1) is 0 Å². The van der Waals surface area contributed by atoms with Gasteiger partial charge >= 0.3 is 12.1 Å². The van der Waals surface area contributed by atoms with Crippen molar-refractivity contribution in [3.63, 3.8) is 0 Å². The first-order chi connectivity index (χ1) is 11.7. The number of carboxylic acids is 1. The van der Waals surface area contributed by atoms with Crippen molar-refractivity contribution in [1.82, 2.24) is 9.88 Å². The summed E-state index contributed by atoms with van der Waals surface area (Å²) in [4.78, 5) is 34.9. The quantitative estimate of drug-likeness (QED) is 0.878. The third-order valence-electron chi connectivity index (χ3n) is 4.15. The van der Waals surface area contributed by atoms with Crippen LogP contribution in [0.25, 0.3) is 0 Å². The van der Waals surface area contributed by atoms with E-state index in [0.29, 0.717) is 12.1 Å². The summed E-state index contributed by atoms with van der Waals surface area (Å²) in [6.45, 7) is 5.33. The van der Waals surface area contributed by atoms with Crippen LogP contribution < -0.4 is 0 Å². The standard InChI is InChI=1S/C17H21N3O5/c1-16(2,3)24-15(23)20-10-17(8-13(20)14(21)22)7-12(19-25-17)11-5-4-6-18-9-11/h4-6,9,13H,7-8,10H2,1-3H3,(H,21,22). The predicted octanol–water partition coefficient (Wildman–Crippen LogP) is 2.04. The van der Waals surface area contributed by atoms with Gasteiger partial charge in [0.15, 0.2) is 5.60 Å². The number of rotatable bonds is 2. The third-order valence-corrected chi connectivity index (χ3v) is 4.15. The van der Waals surface area contributed by atoms with Gasteiger partial charge in [-0.1, -0.05) is 5.16 Å². The number of aromatic nitrogens is 1. The Morgan fingerprint density at radius 1 is 1.44 bits per heavy atom. The molecule has 1 fully saturated rings. The Labute approximate surface area is 145 Å². The van der Waals surface area contributed by atoms with E-state index < -0.39 is 29.3 Å². The second-order valence-corrected chi connectivity index (χ2v) is 7.40. The summed E-state index contributed by atoms with van der Waals surface area (Å²) < 4.78 is 5.34. The molecule has 1 amide bonds.